The van der Waals surface area contributed by atoms with Gasteiger partial charge in [-0.25, -0.2) is 4.79 Å². The highest BCUT2D eigenvalue weighted by Gasteiger charge is 2.50. The topological polar surface area (TPSA) is 68.2 Å². The number of amides is 2. The van der Waals surface area contributed by atoms with Crippen LogP contribution in [-0.2, 0) is 0 Å². The van der Waals surface area contributed by atoms with Gasteiger partial charge in [0, 0.05) is 7.05 Å². The number of alkyl halides is 2. The molecular formula is C6H10Cl2N4O. The van der Waals surface area contributed by atoms with Gasteiger partial charge in [0.2, 0.25) is 0 Å². The van der Waals surface area contributed by atoms with Crippen molar-refractivity contribution in [3.05, 3.63) is 0 Å². The molecule has 0 aromatic rings. The fraction of sp³-hybridized carbons (Fsp3) is 0.667. The standard InChI is InChI=1S/C6H10Cl2N4O/c1-10-6(3(7)8)4(9)12(2)5(13)11-6/h3,9-10H,1-2H3,(H,11,13). The molecule has 2 amide bonds. The highest BCUT2D eigenvalue weighted by Crippen LogP contribution is 2.24. The maximum absolute atomic E-state index is 11.2. The van der Waals surface area contributed by atoms with E-state index in [4.69, 9.17) is 28.6 Å². The van der Waals surface area contributed by atoms with Crippen LogP contribution in [0.25, 0.3) is 0 Å². The zero-order chi connectivity index (χ0) is 10.2. The Morgan fingerprint density at radius 2 is 2.23 bits per heavy atom. The number of hydrogen-bond donors (Lipinski definition) is 3. The first-order valence-corrected chi connectivity index (χ1v) is 4.45. The van der Waals surface area contributed by atoms with Crippen molar-refractivity contribution < 1.29 is 4.79 Å². The predicted molar refractivity (Wildman–Crippen MR) is 51.3 cm³/mol. The second kappa shape index (κ2) is 3.32. The smallest absolute Gasteiger partial charge is 0.310 e. The van der Waals surface area contributed by atoms with E-state index in [1.165, 1.54) is 7.05 Å². The summed E-state index contributed by atoms with van der Waals surface area (Å²) in [7, 11) is 3.05. The molecular weight excluding hydrogens is 215 g/mol. The SMILES string of the molecule is CNC1(C(Cl)Cl)NC(=O)N(C)C1=N. The third kappa shape index (κ3) is 1.37. The Labute approximate surface area is 85.9 Å². The lowest BCUT2D eigenvalue weighted by molar-refractivity contribution is 0.229. The number of carbonyl (C=O) groups is 1. The highest BCUT2D eigenvalue weighted by molar-refractivity contribution is 6.47. The van der Waals surface area contributed by atoms with Gasteiger partial charge in [-0.3, -0.25) is 15.6 Å². The number of rotatable bonds is 2. The Balaban J connectivity index is 3.04. The zero-order valence-corrected chi connectivity index (χ0v) is 8.70. The van der Waals surface area contributed by atoms with E-state index in [-0.39, 0.29) is 5.84 Å². The molecule has 7 heteroatoms. The lowest BCUT2D eigenvalue weighted by Crippen LogP contribution is -2.61. The van der Waals surface area contributed by atoms with Crippen LogP contribution in [0, 0.1) is 5.41 Å². The third-order valence-electron chi connectivity index (χ3n) is 2.04. The summed E-state index contributed by atoms with van der Waals surface area (Å²) in [5, 5.41) is 12.9. The summed E-state index contributed by atoms with van der Waals surface area (Å²) in [6, 6.07) is -0.398. The van der Waals surface area contributed by atoms with Gasteiger partial charge in [-0.05, 0) is 7.05 Å². The highest BCUT2D eigenvalue weighted by atomic mass is 35.5. The molecule has 1 fully saturated rings. The van der Waals surface area contributed by atoms with Gasteiger partial charge < -0.3 is 5.32 Å². The van der Waals surface area contributed by atoms with Gasteiger partial charge in [0.25, 0.3) is 0 Å². The molecule has 0 radical (unpaired) electrons. The summed E-state index contributed by atoms with van der Waals surface area (Å²) in [5.74, 6) is 0.00926. The number of nitrogens with one attached hydrogen (secondary N) is 3. The maximum atomic E-state index is 11.2. The number of amidine groups is 1. The number of carbonyl (C=O) groups excluding carboxylic acids is 1. The molecule has 1 heterocycles. The number of hydrogen-bond acceptors (Lipinski definition) is 3. The van der Waals surface area contributed by atoms with Crippen LogP contribution in [0.1, 0.15) is 0 Å². The van der Waals surface area contributed by atoms with Crippen LogP contribution in [0.15, 0.2) is 0 Å². The Morgan fingerprint density at radius 3 is 2.38 bits per heavy atom. The number of halogens is 2. The first-order valence-electron chi connectivity index (χ1n) is 3.57. The molecule has 0 aromatic heterocycles. The number of urea groups is 1. The molecule has 0 bridgehead atoms. The maximum Gasteiger partial charge on any atom is 0.324 e. The number of nitrogens with zero attached hydrogens (tertiary/aromatic N) is 1. The molecule has 1 atom stereocenters. The molecule has 1 saturated heterocycles. The summed E-state index contributed by atoms with van der Waals surface area (Å²) in [6.07, 6.45) is 0. The summed E-state index contributed by atoms with van der Waals surface area (Å²) in [4.78, 5) is 11.4. The van der Waals surface area contributed by atoms with Crippen molar-refractivity contribution in [1.29, 1.82) is 5.41 Å². The third-order valence-corrected chi connectivity index (χ3v) is 2.69. The van der Waals surface area contributed by atoms with Crippen molar-refractivity contribution in [1.82, 2.24) is 15.5 Å². The van der Waals surface area contributed by atoms with Crippen molar-refractivity contribution in [3.8, 4) is 0 Å². The molecule has 74 valence electrons. The Morgan fingerprint density at radius 1 is 1.69 bits per heavy atom. The lowest BCUT2D eigenvalue weighted by Gasteiger charge is -2.28. The molecule has 0 spiro atoms. The molecule has 0 saturated carbocycles. The first-order chi connectivity index (χ1) is 5.95. The molecule has 13 heavy (non-hydrogen) atoms. The van der Waals surface area contributed by atoms with Crippen molar-refractivity contribution in [3.63, 3.8) is 0 Å². The predicted octanol–water partition coefficient (Wildman–Crippen LogP) is 0.338. The van der Waals surface area contributed by atoms with E-state index in [1.807, 2.05) is 0 Å². The van der Waals surface area contributed by atoms with Crippen molar-refractivity contribution in [2.24, 2.45) is 0 Å². The minimum Gasteiger partial charge on any atom is -0.310 e. The van der Waals surface area contributed by atoms with E-state index in [9.17, 15) is 4.79 Å². The van der Waals surface area contributed by atoms with Crippen LogP contribution >= 0.6 is 23.2 Å². The zero-order valence-electron chi connectivity index (χ0n) is 7.19. The molecule has 1 aliphatic heterocycles. The Bertz CT molecular complexity index is 257. The van der Waals surface area contributed by atoms with Crippen LogP contribution in [0.5, 0.6) is 0 Å². The van der Waals surface area contributed by atoms with Gasteiger partial charge in [-0.1, -0.05) is 0 Å². The van der Waals surface area contributed by atoms with Crippen LogP contribution in [0.3, 0.4) is 0 Å². The van der Waals surface area contributed by atoms with Crippen LogP contribution in [-0.4, -0.2) is 41.4 Å². The quantitative estimate of drug-likeness (QED) is 0.593. The summed E-state index contributed by atoms with van der Waals surface area (Å²) in [6.45, 7) is 0. The average molecular weight is 225 g/mol. The van der Waals surface area contributed by atoms with E-state index in [0.717, 1.165) is 4.90 Å². The van der Waals surface area contributed by atoms with Crippen LogP contribution in [0.4, 0.5) is 4.79 Å². The van der Waals surface area contributed by atoms with Crippen molar-refractivity contribution in [2.45, 2.75) is 10.5 Å². The van der Waals surface area contributed by atoms with Gasteiger partial charge >= 0.3 is 6.03 Å². The summed E-state index contributed by atoms with van der Waals surface area (Å²) in [5.41, 5.74) is -1.17. The summed E-state index contributed by atoms with van der Waals surface area (Å²) >= 11 is 11.4. The first kappa shape index (κ1) is 10.6. The molecule has 5 nitrogen and oxygen atoms in total. The molecule has 3 N–H and O–H groups in total. The van der Waals surface area contributed by atoms with E-state index in [0.29, 0.717) is 0 Å². The monoisotopic (exact) mass is 224 g/mol. The Kier molecular flexibility index (Phi) is 2.70. The molecule has 0 aliphatic carbocycles. The van der Waals surface area contributed by atoms with E-state index >= 15 is 0 Å². The number of likely N-dealkylation sites (N-methyl/N-ethyl adjacent to an activating group) is 2. The van der Waals surface area contributed by atoms with Gasteiger partial charge in [0.15, 0.2) is 10.5 Å². The van der Waals surface area contributed by atoms with Crippen molar-refractivity contribution in [2.75, 3.05) is 14.1 Å². The van der Waals surface area contributed by atoms with Gasteiger partial charge in [0.05, 0.1) is 0 Å². The fourth-order valence-electron chi connectivity index (χ4n) is 1.13. The Hall–Kier alpha value is -0.520. The fourth-order valence-corrected chi connectivity index (χ4v) is 1.66. The van der Waals surface area contributed by atoms with Crippen LogP contribution < -0.4 is 10.6 Å². The van der Waals surface area contributed by atoms with Crippen LogP contribution in [0.2, 0.25) is 0 Å². The second-order valence-electron chi connectivity index (χ2n) is 2.70. The minimum absolute atomic E-state index is 0.00926. The van der Waals surface area contributed by atoms with Crippen molar-refractivity contribution >= 4 is 35.1 Å². The molecule has 1 aliphatic rings. The van der Waals surface area contributed by atoms with E-state index in [2.05, 4.69) is 10.6 Å². The lowest BCUT2D eigenvalue weighted by atomic mass is 10.2. The van der Waals surface area contributed by atoms with E-state index in [1.54, 1.807) is 7.05 Å². The second-order valence-corrected chi connectivity index (χ2v) is 3.79. The largest absolute Gasteiger partial charge is 0.324 e. The van der Waals surface area contributed by atoms with E-state index < -0.39 is 16.5 Å². The molecule has 0 aromatic carbocycles. The van der Waals surface area contributed by atoms with Gasteiger partial charge in [-0.15, -0.1) is 23.2 Å². The molecule has 1 rings (SSSR count). The minimum atomic E-state index is -1.17. The summed E-state index contributed by atoms with van der Waals surface area (Å²) < 4.78 is 0. The average Bonchev–Trinajstić information content (AvgIpc) is 2.30. The van der Waals surface area contributed by atoms with Gasteiger partial charge in [-0.2, -0.15) is 0 Å². The molecule has 1 unspecified atom stereocenters. The van der Waals surface area contributed by atoms with Gasteiger partial charge in [0.1, 0.15) is 5.84 Å². The normalized spacial score (nSPS) is 28.5.